The van der Waals surface area contributed by atoms with Gasteiger partial charge in [0.1, 0.15) is 5.82 Å². The van der Waals surface area contributed by atoms with E-state index in [-0.39, 0.29) is 11.5 Å². The van der Waals surface area contributed by atoms with Gasteiger partial charge in [-0.05, 0) is 18.6 Å². The third-order valence-electron chi connectivity index (χ3n) is 3.05. The molecular formula is C15H21FN2OS. The first-order chi connectivity index (χ1) is 9.56. The van der Waals surface area contributed by atoms with Gasteiger partial charge < -0.3 is 10.6 Å². The second-order valence-corrected chi connectivity index (χ2v) is 5.22. The van der Waals surface area contributed by atoms with Crippen molar-refractivity contribution in [2.24, 2.45) is 5.73 Å². The van der Waals surface area contributed by atoms with Crippen LogP contribution < -0.4 is 5.73 Å². The molecule has 0 fully saturated rings. The van der Waals surface area contributed by atoms with Crippen molar-refractivity contribution >= 4 is 23.1 Å². The summed E-state index contributed by atoms with van der Waals surface area (Å²) in [5, 5.41) is 0. The molecule has 0 unspecified atom stereocenters. The summed E-state index contributed by atoms with van der Waals surface area (Å²) in [6, 6.07) is 6.03. The number of carbonyl (C=O) groups excluding carboxylic acids is 1. The minimum atomic E-state index is -0.492. The lowest BCUT2D eigenvalue weighted by atomic mass is 10.1. The SMILES string of the molecule is CCCCCN(CCC(N)=S)C(=O)c1ccccc1F. The molecule has 110 valence electrons. The molecule has 20 heavy (non-hydrogen) atoms. The Morgan fingerprint density at radius 3 is 2.60 bits per heavy atom. The molecule has 0 atom stereocenters. The fourth-order valence-electron chi connectivity index (χ4n) is 1.92. The van der Waals surface area contributed by atoms with Gasteiger partial charge >= 0.3 is 0 Å². The molecule has 2 N–H and O–H groups in total. The molecule has 0 spiro atoms. The van der Waals surface area contributed by atoms with Crippen molar-refractivity contribution in [3.8, 4) is 0 Å². The van der Waals surface area contributed by atoms with Gasteiger partial charge in [-0.1, -0.05) is 44.1 Å². The van der Waals surface area contributed by atoms with Crippen LogP contribution in [0, 0.1) is 5.82 Å². The minimum Gasteiger partial charge on any atom is -0.393 e. The summed E-state index contributed by atoms with van der Waals surface area (Å²) in [5.41, 5.74) is 5.59. The number of unbranched alkanes of at least 4 members (excludes halogenated alkanes) is 2. The van der Waals surface area contributed by atoms with Crippen LogP contribution in [0.4, 0.5) is 4.39 Å². The molecule has 1 amide bonds. The maximum absolute atomic E-state index is 13.7. The predicted molar refractivity (Wildman–Crippen MR) is 83.2 cm³/mol. The maximum atomic E-state index is 13.7. The van der Waals surface area contributed by atoms with Crippen LogP contribution in [0.5, 0.6) is 0 Å². The normalized spacial score (nSPS) is 10.3. The molecule has 0 radical (unpaired) electrons. The van der Waals surface area contributed by atoms with E-state index < -0.39 is 5.82 Å². The third kappa shape index (κ3) is 5.25. The van der Waals surface area contributed by atoms with Crippen LogP contribution in [0.3, 0.4) is 0 Å². The molecule has 0 bridgehead atoms. The Balaban J connectivity index is 2.77. The number of carbonyl (C=O) groups is 1. The van der Waals surface area contributed by atoms with Crippen molar-refractivity contribution < 1.29 is 9.18 Å². The molecule has 0 aliphatic rings. The van der Waals surface area contributed by atoms with E-state index in [2.05, 4.69) is 6.92 Å². The number of nitrogens with two attached hydrogens (primary N) is 1. The van der Waals surface area contributed by atoms with Gasteiger partial charge in [0, 0.05) is 19.5 Å². The van der Waals surface area contributed by atoms with E-state index in [0.29, 0.717) is 24.5 Å². The first-order valence-electron chi connectivity index (χ1n) is 6.88. The van der Waals surface area contributed by atoms with Crippen LogP contribution in [-0.4, -0.2) is 28.9 Å². The molecule has 0 saturated carbocycles. The monoisotopic (exact) mass is 296 g/mol. The van der Waals surface area contributed by atoms with Gasteiger partial charge in [0.15, 0.2) is 0 Å². The quantitative estimate of drug-likeness (QED) is 0.592. The number of nitrogens with zero attached hydrogens (tertiary/aromatic N) is 1. The molecule has 1 aromatic carbocycles. The highest BCUT2D eigenvalue weighted by atomic mass is 32.1. The number of hydrogen-bond acceptors (Lipinski definition) is 2. The summed E-state index contributed by atoms with van der Waals surface area (Å²) in [5.74, 6) is -0.788. The van der Waals surface area contributed by atoms with Gasteiger partial charge in [0.05, 0.1) is 10.6 Å². The van der Waals surface area contributed by atoms with Crippen molar-refractivity contribution in [3.63, 3.8) is 0 Å². The van der Waals surface area contributed by atoms with E-state index in [1.165, 1.54) is 12.1 Å². The molecule has 5 heteroatoms. The van der Waals surface area contributed by atoms with Gasteiger partial charge in [-0.3, -0.25) is 4.79 Å². The first-order valence-corrected chi connectivity index (χ1v) is 7.29. The summed E-state index contributed by atoms with van der Waals surface area (Å²) >= 11 is 4.84. The van der Waals surface area contributed by atoms with Gasteiger partial charge in [0.25, 0.3) is 5.91 Å². The summed E-state index contributed by atoms with van der Waals surface area (Å²) in [6.45, 7) is 3.13. The lowest BCUT2D eigenvalue weighted by molar-refractivity contribution is 0.0752. The highest BCUT2D eigenvalue weighted by Crippen LogP contribution is 2.11. The van der Waals surface area contributed by atoms with E-state index in [4.69, 9.17) is 18.0 Å². The molecule has 0 aliphatic heterocycles. The van der Waals surface area contributed by atoms with Gasteiger partial charge in [-0.25, -0.2) is 4.39 Å². The minimum absolute atomic E-state index is 0.104. The zero-order chi connectivity index (χ0) is 15.0. The van der Waals surface area contributed by atoms with E-state index >= 15 is 0 Å². The molecule has 0 aliphatic carbocycles. The Morgan fingerprint density at radius 1 is 1.30 bits per heavy atom. The number of hydrogen-bond donors (Lipinski definition) is 1. The van der Waals surface area contributed by atoms with Crippen molar-refractivity contribution in [3.05, 3.63) is 35.6 Å². The van der Waals surface area contributed by atoms with Gasteiger partial charge in [0.2, 0.25) is 0 Å². The zero-order valence-corrected chi connectivity index (χ0v) is 12.6. The second kappa shape index (κ2) is 8.64. The standard InChI is InChI=1S/C15H21FN2OS/c1-2-3-6-10-18(11-9-14(17)20)15(19)12-7-4-5-8-13(12)16/h4-5,7-8H,2-3,6,9-11H2,1H3,(H2,17,20). The summed E-state index contributed by atoms with van der Waals surface area (Å²) in [7, 11) is 0. The van der Waals surface area contributed by atoms with Crippen molar-refractivity contribution in [1.29, 1.82) is 0 Å². The Morgan fingerprint density at radius 2 is 2.00 bits per heavy atom. The Labute approximate surface area is 125 Å². The fraction of sp³-hybridized carbons (Fsp3) is 0.467. The van der Waals surface area contributed by atoms with E-state index in [9.17, 15) is 9.18 Å². The maximum Gasteiger partial charge on any atom is 0.256 e. The number of rotatable bonds is 8. The average Bonchev–Trinajstić information content (AvgIpc) is 2.42. The van der Waals surface area contributed by atoms with Gasteiger partial charge in [-0.2, -0.15) is 0 Å². The van der Waals surface area contributed by atoms with E-state index in [1.807, 2.05) is 0 Å². The molecule has 1 rings (SSSR count). The Kier molecular flexibility index (Phi) is 7.15. The summed E-state index contributed by atoms with van der Waals surface area (Å²) in [6.07, 6.45) is 3.46. The van der Waals surface area contributed by atoms with Crippen LogP contribution in [0.15, 0.2) is 24.3 Å². The topological polar surface area (TPSA) is 46.3 Å². The lowest BCUT2D eigenvalue weighted by Crippen LogP contribution is -2.35. The first kappa shape index (κ1) is 16.6. The number of halogens is 1. The molecular weight excluding hydrogens is 275 g/mol. The zero-order valence-electron chi connectivity index (χ0n) is 11.8. The van der Waals surface area contributed by atoms with Crippen LogP contribution in [0.1, 0.15) is 43.0 Å². The Bertz CT molecular complexity index is 465. The number of benzene rings is 1. The average molecular weight is 296 g/mol. The van der Waals surface area contributed by atoms with Crippen LogP contribution in [0.2, 0.25) is 0 Å². The van der Waals surface area contributed by atoms with E-state index in [0.717, 1.165) is 19.3 Å². The fourth-order valence-corrected chi connectivity index (χ4v) is 2.01. The second-order valence-electron chi connectivity index (χ2n) is 4.70. The molecule has 0 aromatic heterocycles. The van der Waals surface area contributed by atoms with E-state index in [1.54, 1.807) is 17.0 Å². The largest absolute Gasteiger partial charge is 0.393 e. The van der Waals surface area contributed by atoms with Crippen molar-refractivity contribution in [1.82, 2.24) is 4.90 Å². The van der Waals surface area contributed by atoms with Crippen LogP contribution in [0.25, 0.3) is 0 Å². The van der Waals surface area contributed by atoms with Crippen molar-refractivity contribution in [2.45, 2.75) is 32.6 Å². The van der Waals surface area contributed by atoms with Gasteiger partial charge in [-0.15, -0.1) is 0 Å². The Hall–Kier alpha value is -1.49. The lowest BCUT2D eigenvalue weighted by Gasteiger charge is -2.22. The smallest absolute Gasteiger partial charge is 0.256 e. The molecule has 1 aromatic rings. The van der Waals surface area contributed by atoms with Crippen LogP contribution in [-0.2, 0) is 0 Å². The van der Waals surface area contributed by atoms with Crippen molar-refractivity contribution in [2.75, 3.05) is 13.1 Å². The molecule has 0 saturated heterocycles. The molecule has 3 nitrogen and oxygen atoms in total. The predicted octanol–water partition coefficient (Wildman–Crippen LogP) is 3.13. The summed E-state index contributed by atoms with van der Waals surface area (Å²) < 4.78 is 13.7. The summed E-state index contributed by atoms with van der Waals surface area (Å²) in [4.78, 5) is 14.4. The highest BCUT2D eigenvalue weighted by Gasteiger charge is 2.18. The third-order valence-corrected chi connectivity index (χ3v) is 3.26. The molecule has 0 heterocycles. The highest BCUT2D eigenvalue weighted by molar-refractivity contribution is 7.80. The van der Waals surface area contributed by atoms with Crippen LogP contribution >= 0.6 is 12.2 Å². The number of amides is 1. The number of thiocarbonyl (C=S) groups is 1.